The van der Waals surface area contributed by atoms with Crippen molar-refractivity contribution in [3.63, 3.8) is 0 Å². The maximum absolute atomic E-state index is 12.2. The van der Waals surface area contributed by atoms with Gasteiger partial charge in [0, 0.05) is 29.1 Å². The molecule has 1 saturated heterocycles. The maximum Gasteiger partial charge on any atom is 0.324 e. The van der Waals surface area contributed by atoms with Crippen LogP contribution >= 0.6 is 11.3 Å². The lowest BCUT2D eigenvalue weighted by Gasteiger charge is -2.38. The molecule has 0 aliphatic carbocycles. The van der Waals surface area contributed by atoms with Crippen LogP contribution < -0.4 is 0 Å². The quantitative estimate of drug-likeness (QED) is 0.487. The van der Waals surface area contributed by atoms with Crippen molar-refractivity contribution in [3.05, 3.63) is 33.2 Å². The summed E-state index contributed by atoms with van der Waals surface area (Å²) in [6.45, 7) is 4.13. The number of thiophene rings is 1. The Hall–Kier alpha value is -1.69. The molecule has 1 aromatic rings. The number of amides is 1. The normalized spacial score (nSPS) is 23.2. The molecule has 6 heteroatoms. The van der Waals surface area contributed by atoms with Crippen LogP contribution in [0.25, 0.3) is 6.08 Å². The minimum atomic E-state index is -0.418. The van der Waals surface area contributed by atoms with Gasteiger partial charge in [0.2, 0.25) is 5.91 Å². The number of nitro groups is 1. The summed E-state index contributed by atoms with van der Waals surface area (Å²) < 4.78 is 0. The van der Waals surface area contributed by atoms with E-state index in [9.17, 15) is 14.9 Å². The first-order valence-corrected chi connectivity index (χ1v) is 7.55. The van der Waals surface area contributed by atoms with Crippen molar-refractivity contribution >= 4 is 28.3 Å². The summed E-state index contributed by atoms with van der Waals surface area (Å²) in [5.74, 6) is -0.0132. The van der Waals surface area contributed by atoms with Crippen LogP contribution in [-0.2, 0) is 4.79 Å². The maximum atomic E-state index is 12.2. The van der Waals surface area contributed by atoms with E-state index in [0.717, 1.165) is 35.5 Å². The lowest BCUT2D eigenvalue weighted by atomic mass is 9.97. The Kier molecular flexibility index (Phi) is 4.54. The molecule has 20 heavy (non-hydrogen) atoms. The minimum absolute atomic E-state index is 0.0132. The van der Waals surface area contributed by atoms with Gasteiger partial charge in [0.1, 0.15) is 0 Å². The summed E-state index contributed by atoms with van der Waals surface area (Å²) in [7, 11) is 0. The molecule has 108 valence electrons. The van der Waals surface area contributed by atoms with Gasteiger partial charge in [0.25, 0.3) is 0 Å². The van der Waals surface area contributed by atoms with Crippen molar-refractivity contribution < 1.29 is 9.72 Å². The van der Waals surface area contributed by atoms with Crippen LogP contribution in [0.2, 0.25) is 0 Å². The fraction of sp³-hybridized carbons (Fsp3) is 0.500. The Balaban J connectivity index is 2.05. The first-order chi connectivity index (χ1) is 9.49. The van der Waals surface area contributed by atoms with E-state index in [1.165, 1.54) is 12.1 Å². The van der Waals surface area contributed by atoms with Gasteiger partial charge in [0.05, 0.1) is 4.92 Å². The Morgan fingerprint density at radius 1 is 1.40 bits per heavy atom. The van der Waals surface area contributed by atoms with Gasteiger partial charge in [-0.3, -0.25) is 14.9 Å². The summed E-state index contributed by atoms with van der Waals surface area (Å²) in [5, 5.41) is 10.7. The molecule has 1 aliphatic heterocycles. The Morgan fingerprint density at radius 2 is 2.05 bits per heavy atom. The van der Waals surface area contributed by atoms with Gasteiger partial charge in [-0.15, -0.1) is 0 Å². The molecule has 0 radical (unpaired) electrons. The second-order valence-corrected chi connectivity index (χ2v) is 6.23. The number of piperidine rings is 1. The standard InChI is InChI=1S/C14H18N2O3S/c1-10-4-3-5-11(2)15(10)13(17)8-6-12-7-9-14(20-12)16(18)19/h6-11H,3-5H2,1-2H3/b8-6+. The average Bonchev–Trinajstić information content (AvgIpc) is 2.85. The number of rotatable bonds is 3. The van der Waals surface area contributed by atoms with Crippen molar-refractivity contribution in [2.45, 2.75) is 45.2 Å². The third-order valence-corrected chi connectivity index (χ3v) is 4.63. The molecule has 0 N–H and O–H groups in total. The second-order valence-electron chi connectivity index (χ2n) is 5.14. The molecule has 2 rings (SSSR count). The van der Waals surface area contributed by atoms with Crippen LogP contribution in [0.15, 0.2) is 18.2 Å². The number of nitrogens with zero attached hydrogens (tertiary/aromatic N) is 2. The molecule has 0 saturated carbocycles. The van der Waals surface area contributed by atoms with Gasteiger partial charge >= 0.3 is 5.00 Å². The summed E-state index contributed by atoms with van der Waals surface area (Å²) in [6, 6.07) is 3.64. The lowest BCUT2D eigenvalue weighted by molar-refractivity contribution is -0.380. The van der Waals surface area contributed by atoms with Crippen LogP contribution in [0.5, 0.6) is 0 Å². The molecular weight excluding hydrogens is 276 g/mol. The van der Waals surface area contributed by atoms with E-state index >= 15 is 0 Å². The third-order valence-electron chi connectivity index (χ3n) is 3.63. The molecule has 1 fully saturated rings. The highest BCUT2D eigenvalue weighted by Crippen LogP contribution is 2.26. The molecule has 1 aliphatic rings. The SMILES string of the molecule is CC1CCCC(C)N1C(=O)/C=C/c1ccc([N+](=O)[O-])s1. The van der Waals surface area contributed by atoms with E-state index in [-0.39, 0.29) is 23.0 Å². The predicted octanol–water partition coefficient (Wildman–Crippen LogP) is 3.46. The Morgan fingerprint density at radius 3 is 2.60 bits per heavy atom. The summed E-state index contributed by atoms with van der Waals surface area (Å²) >= 11 is 1.07. The number of carbonyl (C=O) groups excluding carboxylic acids is 1. The minimum Gasteiger partial charge on any atom is -0.334 e. The fourth-order valence-electron chi connectivity index (χ4n) is 2.63. The third kappa shape index (κ3) is 3.25. The van der Waals surface area contributed by atoms with E-state index in [1.807, 2.05) is 4.90 Å². The smallest absolute Gasteiger partial charge is 0.324 e. The number of likely N-dealkylation sites (tertiary alicyclic amines) is 1. The molecular formula is C14H18N2O3S. The van der Waals surface area contributed by atoms with E-state index in [1.54, 1.807) is 12.1 Å². The van der Waals surface area contributed by atoms with E-state index in [2.05, 4.69) is 13.8 Å². The first kappa shape index (κ1) is 14.7. The van der Waals surface area contributed by atoms with Crippen LogP contribution in [0.3, 0.4) is 0 Å². The lowest BCUT2D eigenvalue weighted by Crippen LogP contribution is -2.46. The highest BCUT2D eigenvalue weighted by Gasteiger charge is 2.27. The molecule has 2 heterocycles. The molecule has 1 aromatic heterocycles. The average molecular weight is 294 g/mol. The summed E-state index contributed by atoms with van der Waals surface area (Å²) in [4.78, 5) is 25.1. The van der Waals surface area contributed by atoms with Crippen molar-refractivity contribution in [1.29, 1.82) is 0 Å². The van der Waals surface area contributed by atoms with Crippen LogP contribution in [0.4, 0.5) is 5.00 Å². The van der Waals surface area contributed by atoms with E-state index < -0.39 is 4.92 Å². The van der Waals surface area contributed by atoms with Gasteiger partial charge in [-0.05, 0) is 45.3 Å². The van der Waals surface area contributed by atoms with Gasteiger partial charge in [-0.25, -0.2) is 0 Å². The number of hydrogen-bond acceptors (Lipinski definition) is 4. The first-order valence-electron chi connectivity index (χ1n) is 6.73. The second kappa shape index (κ2) is 6.17. The van der Waals surface area contributed by atoms with Gasteiger partial charge in [-0.1, -0.05) is 11.3 Å². The van der Waals surface area contributed by atoms with Crippen molar-refractivity contribution in [2.24, 2.45) is 0 Å². The molecule has 0 aromatic carbocycles. The zero-order valence-electron chi connectivity index (χ0n) is 11.6. The van der Waals surface area contributed by atoms with Crippen LogP contribution in [0.1, 0.15) is 38.0 Å². The van der Waals surface area contributed by atoms with Gasteiger partial charge in [0.15, 0.2) is 0 Å². The van der Waals surface area contributed by atoms with Gasteiger partial charge in [-0.2, -0.15) is 0 Å². The van der Waals surface area contributed by atoms with Crippen molar-refractivity contribution in [1.82, 2.24) is 4.90 Å². The molecule has 0 spiro atoms. The molecule has 1 amide bonds. The molecule has 2 atom stereocenters. The predicted molar refractivity (Wildman–Crippen MR) is 79.6 cm³/mol. The van der Waals surface area contributed by atoms with Crippen molar-refractivity contribution in [2.75, 3.05) is 0 Å². The monoisotopic (exact) mass is 294 g/mol. The molecule has 0 bridgehead atoms. The van der Waals surface area contributed by atoms with E-state index in [0.29, 0.717) is 0 Å². The van der Waals surface area contributed by atoms with E-state index in [4.69, 9.17) is 0 Å². The number of carbonyl (C=O) groups is 1. The Labute approximate surface area is 122 Å². The zero-order chi connectivity index (χ0) is 14.7. The summed E-state index contributed by atoms with van der Waals surface area (Å²) in [5.41, 5.74) is 0. The van der Waals surface area contributed by atoms with Crippen LogP contribution in [0, 0.1) is 10.1 Å². The van der Waals surface area contributed by atoms with Gasteiger partial charge < -0.3 is 4.90 Å². The Bertz CT molecular complexity index is 528. The molecule has 5 nitrogen and oxygen atoms in total. The van der Waals surface area contributed by atoms with Crippen LogP contribution in [-0.4, -0.2) is 27.8 Å². The number of hydrogen-bond donors (Lipinski definition) is 0. The zero-order valence-corrected chi connectivity index (χ0v) is 12.4. The largest absolute Gasteiger partial charge is 0.334 e. The highest BCUT2D eigenvalue weighted by molar-refractivity contribution is 7.16. The highest BCUT2D eigenvalue weighted by atomic mass is 32.1. The fourth-order valence-corrected chi connectivity index (χ4v) is 3.35. The topological polar surface area (TPSA) is 63.5 Å². The van der Waals surface area contributed by atoms with Crippen molar-refractivity contribution in [3.8, 4) is 0 Å². The summed E-state index contributed by atoms with van der Waals surface area (Å²) in [6.07, 6.45) is 6.41. The molecule has 2 unspecified atom stereocenters.